The van der Waals surface area contributed by atoms with Crippen LogP contribution >= 0.6 is 0 Å². The first-order valence-corrected chi connectivity index (χ1v) is 4.20. The Hall–Kier alpha value is -2.24. The molecule has 0 spiro atoms. The zero-order valence-electron chi connectivity index (χ0n) is 8.28. The van der Waals surface area contributed by atoms with Crippen molar-refractivity contribution in [2.45, 2.75) is 5.92 Å². The summed E-state index contributed by atoms with van der Waals surface area (Å²) in [6, 6.07) is 1.09. The number of halogens is 6. The lowest BCUT2D eigenvalue weighted by atomic mass is 10.2. The monoisotopic (exact) mass is 269 g/mol. The van der Waals surface area contributed by atoms with E-state index >= 15 is 0 Å². The maximum atomic E-state index is 12.7. The van der Waals surface area contributed by atoms with Gasteiger partial charge in [0.15, 0.2) is 17.5 Å². The van der Waals surface area contributed by atoms with Crippen molar-refractivity contribution in [3.63, 3.8) is 0 Å². The number of anilines is 1. The number of nitrogens with one attached hydrogen (secondary N) is 1. The standard InChI is InChI=1S/C9H2F6N2O/c10-5-1-4(2-6(11)7(5)12)17-8(18)9(13,14)3-16-15/h1-2H/p+1. The van der Waals surface area contributed by atoms with E-state index in [0.29, 0.717) is 6.07 Å². The largest absolute Gasteiger partial charge is 0.459 e. The fraction of sp³-hybridized carbons (Fsp3) is 0.111. The first-order valence-electron chi connectivity index (χ1n) is 4.20. The molecule has 0 aromatic heterocycles. The van der Waals surface area contributed by atoms with Gasteiger partial charge in [0.1, 0.15) is 0 Å². The SMILES string of the molecule is O=C(Nc1cc(F)c(F)c(F)c1)C(F)(F)C#[N+]F. The highest BCUT2D eigenvalue weighted by molar-refractivity contribution is 5.98. The van der Waals surface area contributed by atoms with Gasteiger partial charge < -0.3 is 5.32 Å². The van der Waals surface area contributed by atoms with Crippen molar-refractivity contribution >= 4 is 11.6 Å². The summed E-state index contributed by atoms with van der Waals surface area (Å²) in [5.41, 5.74) is -0.767. The van der Waals surface area contributed by atoms with Crippen LogP contribution in [0.25, 0.3) is 5.07 Å². The van der Waals surface area contributed by atoms with Crippen LogP contribution in [0.3, 0.4) is 0 Å². The van der Waals surface area contributed by atoms with Crippen LogP contribution in [0.4, 0.5) is 32.1 Å². The molecule has 0 aliphatic heterocycles. The molecular formula is C9H3F6N2O+. The number of carbonyl (C=O) groups is 1. The van der Waals surface area contributed by atoms with Crippen LogP contribution in [-0.2, 0) is 4.79 Å². The van der Waals surface area contributed by atoms with Crippen molar-refractivity contribution in [1.82, 2.24) is 0 Å². The fourth-order valence-corrected chi connectivity index (χ4v) is 0.941. The molecule has 0 unspecified atom stereocenters. The third-order valence-corrected chi connectivity index (χ3v) is 1.71. The molecule has 0 saturated heterocycles. The van der Waals surface area contributed by atoms with E-state index in [2.05, 4.69) is 0 Å². The third-order valence-electron chi connectivity index (χ3n) is 1.71. The average Bonchev–Trinajstić information content (AvgIpc) is 2.25. The first kappa shape index (κ1) is 13.8. The van der Waals surface area contributed by atoms with Gasteiger partial charge in [-0.1, -0.05) is 0 Å². The molecule has 0 saturated carbocycles. The molecule has 0 aliphatic rings. The molecule has 1 amide bonds. The summed E-state index contributed by atoms with van der Waals surface area (Å²) < 4.78 is 74.5. The lowest BCUT2D eigenvalue weighted by Crippen LogP contribution is -2.33. The minimum Gasteiger partial charge on any atom is -0.319 e. The molecule has 1 aromatic carbocycles. The highest BCUT2D eigenvalue weighted by atomic mass is 19.3. The average molecular weight is 269 g/mol. The van der Waals surface area contributed by atoms with Gasteiger partial charge in [0.25, 0.3) is 0 Å². The van der Waals surface area contributed by atoms with Gasteiger partial charge >= 0.3 is 17.9 Å². The van der Waals surface area contributed by atoms with E-state index in [1.807, 2.05) is 0 Å². The van der Waals surface area contributed by atoms with Gasteiger partial charge in [-0.05, 0) is 0 Å². The number of benzene rings is 1. The summed E-state index contributed by atoms with van der Waals surface area (Å²) in [6.45, 7) is 0. The zero-order chi connectivity index (χ0) is 13.9. The molecule has 1 aromatic rings. The topological polar surface area (TPSA) is 33.5 Å². The third kappa shape index (κ3) is 2.91. The number of carbonyl (C=O) groups excluding carboxylic acids is 1. The van der Waals surface area contributed by atoms with Crippen molar-refractivity contribution in [2.24, 2.45) is 0 Å². The number of amides is 1. The van der Waals surface area contributed by atoms with E-state index in [1.54, 1.807) is 0 Å². The molecule has 1 rings (SSSR count). The lowest BCUT2D eigenvalue weighted by molar-refractivity contribution is -0.132. The van der Waals surface area contributed by atoms with E-state index in [1.165, 1.54) is 10.4 Å². The minimum atomic E-state index is -4.43. The van der Waals surface area contributed by atoms with Gasteiger partial charge in [-0.15, -0.1) is 0 Å². The summed E-state index contributed by atoms with van der Waals surface area (Å²) in [5.74, 6) is -11.8. The molecule has 96 valence electrons. The van der Waals surface area contributed by atoms with Crippen LogP contribution in [0.1, 0.15) is 0 Å². The van der Waals surface area contributed by atoms with Crippen molar-refractivity contribution in [3.8, 4) is 6.07 Å². The van der Waals surface area contributed by atoms with Crippen LogP contribution in [0, 0.1) is 23.5 Å². The highest BCUT2D eigenvalue weighted by Crippen LogP contribution is 2.20. The summed E-state index contributed by atoms with van der Waals surface area (Å²) >= 11 is 0. The molecule has 9 heteroatoms. The second-order valence-corrected chi connectivity index (χ2v) is 2.98. The quantitative estimate of drug-likeness (QED) is 0.650. The summed E-state index contributed by atoms with van der Waals surface area (Å²) in [4.78, 5) is 10.8. The van der Waals surface area contributed by atoms with Crippen LogP contribution in [-0.4, -0.2) is 11.8 Å². The van der Waals surface area contributed by atoms with Crippen LogP contribution in [0.15, 0.2) is 12.1 Å². The summed E-state index contributed by atoms with van der Waals surface area (Å²) in [5, 5.41) is 2.70. The summed E-state index contributed by atoms with van der Waals surface area (Å²) in [7, 11) is 0. The smallest absolute Gasteiger partial charge is 0.319 e. The predicted octanol–water partition coefficient (Wildman–Crippen LogP) is 2.90. The minimum absolute atomic E-state index is 0.277. The van der Waals surface area contributed by atoms with Crippen molar-refractivity contribution < 1.29 is 31.2 Å². The Labute approximate surface area is 95.8 Å². The number of rotatable bonds is 2. The number of nitrogens with zero attached hydrogens (tertiary/aromatic N) is 1. The van der Waals surface area contributed by atoms with Gasteiger partial charge in [0.05, 0.1) is 0 Å². The second-order valence-electron chi connectivity index (χ2n) is 2.98. The Morgan fingerprint density at radius 2 is 1.72 bits per heavy atom. The van der Waals surface area contributed by atoms with E-state index in [-0.39, 0.29) is 12.1 Å². The van der Waals surface area contributed by atoms with Gasteiger partial charge in [0, 0.05) is 17.8 Å². The molecule has 0 atom stereocenters. The normalized spacial score (nSPS) is 10.6. The lowest BCUT2D eigenvalue weighted by Gasteiger charge is -2.07. The first-order chi connectivity index (χ1) is 8.27. The van der Waals surface area contributed by atoms with E-state index in [9.17, 15) is 31.2 Å². The maximum Gasteiger partial charge on any atom is 0.459 e. The predicted molar refractivity (Wildman–Crippen MR) is 48.2 cm³/mol. The van der Waals surface area contributed by atoms with Crippen molar-refractivity contribution in [2.75, 3.05) is 5.32 Å². The molecule has 0 aliphatic carbocycles. The summed E-state index contributed by atoms with van der Waals surface area (Å²) in [6.07, 6.45) is 0. The van der Waals surface area contributed by atoms with Gasteiger partial charge in [-0.2, -0.15) is 8.78 Å². The molecule has 0 heterocycles. The van der Waals surface area contributed by atoms with Crippen molar-refractivity contribution in [1.29, 1.82) is 0 Å². The van der Waals surface area contributed by atoms with Gasteiger partial charge in [0.2, 0.25) is 9.55 Å². The zero-order valence-corrected chi connectivity index (χ0v) is 8.28. The van der Waals surface area contributed by atoms with Crippen LogP contribution in [0.2, 0.25) is 0 Å². The highest BCUT2D eigenvalue weighted by Gasteiger charge is 2.45. The van der Waals surface area contributed by atoms with E-state index < -0.39 is 35.0 Å². The number of hydrogen-bond donors (Lipinski definition) is 1. The van der Waals surface area contributed by atoms with E-state index in [0.717, 1.165) is 0 Å². The molecular weight excluding hydrogens is 266 g/mol. The van der Waals surface area contributed by atoms with Crippen LogP contribution in [0.5, 0.6) is 0 Å². The van der Waals surface area contributed by atoms with E-state index in [4.69, 9.17) is 0 Å². The molecule has 1 N–H and O–H groups in total. The van der Waals surface area contributed by atoms with Crippen molar-refractivity contribution in [3.05, 3.63) is 34.7 Å². The number of alkyl halides is 2. The van der Waals surface area contributed by atoms with Gasteiger partial charge in [-0.3, -0.25) is 4.79 Å². The van der Waals surface area contributed by atoms with Gasteiger partial charge in [-0.25, -0.2) is 13.2 Å². The molecule has 0 bridgehead atoms. The number of hydrogen-bond acceptors (Lipinski definition) is 1. The van der Waals surface area contributed by atoms with Crippen LogP contribution < -0.4 is 5.32 Å². The Balaban J connectivity index is 2.98. The maximum absolute atomic E-state index is 12.7. The Bertz CT molecular complexity index is 525. The fourth-order valence-electron chi connectivity index (χ4n) is 0.941. The molecule has 0 fully saturated rings. The molecule has 3 nitrogen and oxygen atoms in total. The Morgan fingerprint density at radius 3 is 2.17 bits per heavy atom. The second kappa shape index (κ2) is 4.95. The molecule has 0 radical (unpaired) electrons. The Morgan fingerprint density at radius 1 is 1.22 bits per heavy atom. The Kier molecular flexibility index (Phi) is 3.80. The molecule has 18 heavy (non-hydrogen) atoms.